The number of nitrogens with one attached hydrogen (secondary N) is 1. The van der Waals surface area contributed by atoms with Gasteiger partial charge in [0.25, 0.3) is 0 Å². The van der Waals surface area contributed by atoms with Gasteiger partial charge in [-0.05, 0) is 48.4 Å². The van der Waals surface area contributed by atoms with Crippen LogP contribution < -0.4 is 5.32 Å². The first kappa shape index (κ1) is 24.9. The fourth-order valence-corrected chi connectivity index (χ4v) is 6.37. The van der Waals surface area contributed by atoms with E-state index in [1.165, 1.54) is 30.3 Å². The summed E-state index contributed by atoms with van der Waals surface area (Å²) in [6, 6.07) is 8.50. The Balaban J connectivity index is 1.97. The summed E-state index contributed by atoms with van der Waals surface area (Å²) >= 11 is 12.0. The SMILES string of the molecule is CC1(C[C@@H]2N[C@@H](C(=O)O)[C@H](c3cccc(Cl)c3F)[C@@]2(C#N)c2ccc(Cl)cc2F)CCCCC1. The molecule has 180 valence electrons. The summed E-state index contributed by atoms with van der Waals surface area (Å²) in [4.78, 5) is 12.4. The lowest BCUT2D eigenvalue weighted by atomic mass is 9.61. The van der Waals surface area contributed by atoms with Crippen LogP contribution in [0.4, 0.5) is 8.78 Å². The number of hydrogen-bond donors (Lipinski definition) is 2. The molecule has 2 N–H and O–H groups in total. The summed E-state index contributed by atoms with van der Waals surface area (Å²) in [5.41, 5.74) is -1.89. The Kier molecular flexibility index (Phi) is 6.92. The van der Waals surface area contributed by atoms with Crippen molar-refractivity contribution < 1.29 is 18.7 Å². The average Bonchev–Trinajstić information content (AvgIpc) is 3.10. The Morgan fingerprint density at radius 1 is 1.21 bits per heavy atom. The third-order valence-corrected chi connectivity index (χ3v) is 8.18. The molecule has 2 fully saturated rings. The molecule has 0 radical (unpaired) electrons. The Hall–Kier alpha value is -2.20. The van der Waals surface area contributed by atoms with Crippen LogP contribution in [0, 0.1) is 28.4 Å². The van der Waals surface area contributed by atoms with Gasteiger partial charge in [-0.1, -0.05) is 67.6 Å². The topological polar surface area (TPSA) is 73.1 Å². The van der Waals surface area contributed by atoms with Crippen LogP contribution in [-0.4, -0.2) is 23.2 Å². The third kappa shape index (κ3) is 4.19. The van der Waals surface area contributed by atoms with Crippen molar-refractivity contribution in [2.24, 2.45) is 5.41 Å². The summed E-state index contributed by atoms with van der Waals surface area (Å²) in [7, 11) is 0. The predicted octanol–water partition coefficient (Wildman–Crippen LogP) is 6.60. The van der Waals surface area contributed by atoms with Gasteiger partial charge in [0.15, 0.2) is 0 Å². The van der Waals surface area contributed by atoms with E-state index in [9.17, 15) is 15.2 Å². The molecule has 4 rings (SSSR count). The first-order valence-electron chi connectivity index (χ1n) is 11.4. The number of carbonyl (C=O) groups is 1. The Morgan fingerprint density at radius 3 is 2.53 bits per heavy atom. The van der Waals surface area contributed by atoms with Gasteiger partial charge in [0, 0.05) is 22.5 Å². The summed E-state index contributed by atoms with van der Waals surface area (Å²) in [5, 5.41) is 23.9. The number of nitriles is 1. The van der Waals surface area contributed by atoms with Crippen molar-refractivity contribution in [2.75, 3.05) is 0 Å². The van der Waals surface area contributed by atoms with E-state index >= 15 is 8.78 Å². The van der Waals surface area contributed by atoms with Crippen LogP contribution >= 0.6 is 23.2 Å². The van der Waals surface area contributed by atoms with Gasteiger partial charge < -0.3 is 5.11 Å². The largest absolute Gasteiger partial charge is 0.480 e. The monoisotopic (exact) mass is 506 g/mol. The van der Waals surface area contributed by atoms with E-state index in [2.05, 4.69) is 18.3 Å². The van der Waals surface area contributed by atoms with Crippen LogP contribution in [0.5, 0.6) is 0 Å². The number of halogens is 4. The van der Waals surface area contributed by atoms with Crippen molar-refractivity contribution in [3.63, 3.8) is 0 Å². The molecule has 34 heavy (non-hydrogen) atoms. The van der Waals surface area contributed by atoms with Gasteiger partial charge in [0.1, 0.15) is 23.1 Å². The molecular weight excluding hydrogens is 481 g/mol. The minimum atomic E-state index is -1.70. The van der Waals surface area contributed by atoms with Gasteiger partial charge in [-0.2, -0.15) is 5.26 Å². The molecule has 0 bridgehead atoms. The van der Waals surface area contributed by atoms with Gasteiger partial charge in [-0.15, -0.1) is 0 Å². The molecule has 8 heteroatoms. The normalized spacial score (nSPS) is 28.4. The molecule has 1 saturated heterocycles. The Bertz CT molecular complexity index is 1150. The number of carboxylic acids is 1. The number of carboxylic acid groups (broad SMARTS) is 1. The standard InChI is InChI=1S/C26H26Cl2F2N2O2/c1-25(10-3-2-4-11-25)13-20-26(14-31,17-9-8-15(27)12-19(17)29)21(23(32-20)24(33)34)16-6-5-7-18(28)22(16)30/h5-9,12,20-21,23,32H,2-4,10-11,13H2,1H3,(H,33,34)/t20-,21-,23+,26-/m0/s1. The summed E-state index contributed by atoms with van der Waals surface area (Å²) in [6.45, 7) is 2.12. The first-order chi connectivity index (χ1) is 16.1. The maximum atomic E-state index is 15.4. The molecule has 0 spiro atoms. The first-order valence-corrected chi connectivity index (χ1v) is 12.2. The van der Waals surface area contributed by atoms with Gasteiger partial charge in [0.2, 0.25) is 0 Å². The molecule has 2 aliphatic rings. The van der Waals surface area contributed by atoms with Crippen LogP contribution in [0.3, 0.4) is 0 Å². The Labute approximate surface area is 207 Å². The van der Waals surface area contributed by atoms with Crippen LogP contribution in [0.2, 0.25) is 10.0 Å². The lowest BCUT2D eigenvalue weighted by molar-refractivity contribution is -0.139. The molecule has 4 nitrogen and oxygen atoms in total. The molecule has 0 unspecified atom stereocenters. The second-order valence-electron chi connectivity index (χ2n) is 9.84. The maximum absolute atomic E-state index is 15.4. The van der Waals surface area contributed by atoms with Crippen molar-refractivity contribution >= 4 is 29.2 Å². The molecule has 1 saturated carbocycles. The van der Waals surface area contributed by atoms with E-state index in [4.69, 9.17) is 23.2 Å². The predicted molar refractivity (Wildman–Crippen MR) is 127 cm³/mol. The Morgan fingerprint density at radius 2 is 1.91 bits per heavy atom. The quantitative estimate of drug-likeness (QED) is 0.478. The smallest absolute Gasteiger partial charge is 0.321 e. The molecule has 2 aromatic rings. The number of hydrogen-bond acceptors (Lipinski definition) is 3. The highest BCUT2D eigenvalue weighted by atomic mass is 35.5. The lowest BCUT2D eigenvalue weighted by Crippen LogP contribution is -2.46. The van der Waals surface area contributed by atoms with Gasteiger partial charge >= 0.3 is 5.97 Å². The summed E-state index contributed by atoms with van der Waals surface area (Å²) in [6.07, 6.45) is 5.48. The van der Waals surface area contributed by atoms with E-state index in [1.54, 1.807) is 0 Å². The maximum Gasteiger partial charge on any atom is 0.321 e. The van der Waals surface area contributed by atoms with Crippen LogP contribution in [0.25, 0.3) is 0 Å². The molecular formula is C26H26Cl2F2N2O2. The molecule has 4 atom stereocenters. The van der Waals surface area contributed by atoms with Gasteiger partial charge in [-0.3, -0.25) is 10.1 Å². The number of nitrogens with zero attached hydrogens (tertiary/aromatic N) is 1. The van der Waals surface area contributed by atoms with Crippen molar-refractivity contribution in [1.29, 1.82) is 5.26 Å². The zero-order chi connectivity index (χ0) is 24.7. The average molecular weight is 507 g/mol. The van der Waals surface area contributed by atoms with Gasteiger partial charge in [0.05, 0.1) is 11.1 Å². The van der Waals surface area contributed by atoms with Crippen LogP contribution in [0.15, 0.2) is 36.4 Å². The molecule has 1 heterocycles. The minimum Gasteiger partial charge on any atom is -0.480 e. The van der Waals surface area contributed by atoms with Crippen LogP contribution in [-0.2, 0) is 10.2 Å². The molecule has 0 aromatic heterocycles. The fourth-order valence-electron chi connectivity index (χ4n) is 6.03. The molecule has 1 aliphatic carbocycles. The van der Waals surface area contributed by atoms with E-state index < -0.39 is 41.0 Å². The second-order valence-corrected chi connectivity index (χ2v) is 10.7. The zero-order valence-electron chi connectivity index (χ0n) is 18.8. The summed E-state index contributed by atoms with van der Waals surface area (Å²) < 4.78 is 30.8. The summed E-state index contributed by atoms with van der Waals surface area (Å²) in [5.74, 6) is -4.00. The van der Waals surface area contributed by atoms with E-state index in [0.29, 0.717) is 6.42 Å². The van der Waals surface area contributed by atoms with Crippen molar-refractivity contribution in [3.8, 4) is 6.07 Å². The van der Waals surface area contributed by atoms with E-state index in [-0.39, 0.29) is 26.6 Å². The van der Waals surface area contributed by atoms with Crippen molar-refractivity contribution in [1.82, 2.24) is 5.32 Å². The van der Waals surface area contributed by atoms with E-state index in [0.717, 1.165) is 38.2 Å². The second kappa shape index (κ2) is 9.45. The number of benzene rings is 2. The minimum absolute atomic E-state index is 0.00411. The number of rotatable bonds is 5. The highest BCUT2D eigenvalue weighted by Crippen LogP contribution is 2.54. The van der Waals surface area contributed by atoms with Gasteiger partial charge in [-0.25, -0.2) is 8.78 Å². The zero-order valence-corrected chi connectivity index (χ0v) is 20.3. The van der Waals surface area contributed by atoms with Crippen molar-refractivity contribution in [2.45, 2.75) is 68.9 Å². The number of aliphatic carboxylic acids is 1. The molecule has 0 amide bonds. The van der Waals surface area contributed by atoms with Crippen molar-refractivity contribution in [3.05, 3.63) is 69.2 Å². The molecule has 1 aliphatic heterocycles. The third-order valence-electron chi connectivity index (χ3n) is 7.66. The van der Waals surface area contributed by atoms with Crippen LogP contribution in [0.1, 0.15) is 62.5 Å². The highest BCUT2D eigenvalue weighted by Gasteiger charge is 2.61. The highest BCUT2D eigenvalue weighted by molar-refractivity contribution is 6.31. The fraction of sp³-hybridized carbons (Fsp3) is 0.462. The molecule has 2 aromatic carbocycles. The van der Waals surface area contributed by atoms with E-state index in [1.807, 2.05) is 0 Å². The lowest BCUT2D eigenvalue weighted by Gasteiger charge is -2.41.